The van der Waals surface area contributed by atoms with Crippen LogP contribution in [0.15, 0.2) is 18.2 Å². The normalized spacial score (nSPS) is 18.6. The Balaban J connectivity index is 2.39. The summed E-state index contributed by atoms with van der Waals surface area (Å²) in [6.07, 6.45) is -1.23. The van der Waals surface area contributed by atoms with Gasteiger partial charge in [0.2, 0.25) is 6.10 Å². The van der Waals surface area contributed by atoms with Gasteiger partial charge in [-0.3, -0.25) is 4.79 Å². The van der Waals surface area contributed by atoms with Crippen LogP contribution >= 0.6 is 0 Å². The van der Waals surface area contributed by atoms with Gasteiger partial charge in [0, 0.05) is 6.07 Å². The lowest BCUT2D eigenvalue weighted by Crippen LogP contribution is -2.33. The average Bonchev–Trinajstić information content (AvgIpc) is 2.28. The van der Waals surface area contributed by atoms with Crippen LogP contribution in [0.1, 0.15) is 16.8 Å². The van der Waals surface area contributed by atoms with Crippen LogP contribution in [0, 0.1) is 0 Å². The fourth-order valence-corrected chi connectivity index (χ4v) is 1.57. The fourth-order valence-electron chi connectivity index (χ4n) is 1.57. The number of carboxylic acids is 1. The van der Waals surface area contributed by atoms with E-state index in [9.17, 15) is 9.59 Å². The Hall–Kier alpha value is -2.04. The third-order valence-corrected chi connectivity index (χ3v) is 2.40. The number of ether oxygens (including phenoxy) is 2. The summed E-state index contributed by atoms with van der Waals surface area (Å²) in [5, 5.41) is 8.80. The standard InChI is InChI=1S/C11H10O5/c1-15-6-2-3-7-8(12)5-10(11(13)14)16-9(7)4-6/h2-4,10H,5H2,1H3,(H,13,14). The van der Waals surface area contributed by atoms with Crippen molar-refractivity contribution in [1.29, 1.82) is 0 Å². The molecule has 0 amide bonds. The number of aliphatic carboxylic acids is 1. The molecule has 0 bridgehead atoms. The second-order valence-electron chi connectivity index (χ2n) is 3.43. The first-order valence-corrected chi connectivity index (χ1v) is 4.72. The second-order valence-corrected chi connectivity index (χ2v) is 3.43. The van der Waals surface area contributed by atoms with Gasteiger partial charge in [-0.1, -0.05) is 0 Å². The van der Waals surface area contributed by atoms with E-state index in [0.717, 1.165) is 0 Å². The van der Waals surface area contributed by atoms with Crippen molar-refractivity contribution in [2.75, 3.05) is 7.11 Å². The first-order chi connectivity index (χ1) is 7.61. The van der Waals surface area contributed by atoms with Gasteiger partial charge < -0.3 is 14.6 Å². The minimum absolute atomic E-state index is 0.130. The van der Waals surface area contributed by atoms with Gasteiger partial charge in [-0.15, -0.1) is 0 Å². The lowest BCUT2D eigenvalue weighted by molar-refractivity contribution is -0.145. The minimum Gasteiger partial charge on any atom is -0.497 e. The molecule has 5 nitrogen and oxygen atoms in total. The van der Waals surface area contributed by atoms with E-state index in [2.05, 4.69) is 0 Å². The second kappa shape index (κ2) is 3.84. The smallest absolute Gasteiger partial charge is 0.345 e. The van der Waals surface area contributed by atoms with Crippen molar-refractivity contribution in [3.63, 3.8) is 0 Å². The molecule has 0 fully saturated rings. The lowest BCUT2D eigenvalue weighted by Gasteiger charge is -2.22. The summed E-state index contributed by atoms with van der Waals surface area (Å²) in [5.41, 5.74) is 0.401. The molecule has 1 atom stereocenters. The van der Waals surface area contributed by atoms with Crippen molar-refractivity contribution in [3.05, 3.63) is 23.8 Å². The van der Waals surface area contributed by atoms with Crippen molar-refractivity contribution < 1.29 is 24.2 Å². The van der Waals surface area contributed by atoms with Gasteiger partial charge in [0.05, 0.1) is 19.1 Å². The van der Waals surface area contributed by atoms with Gasteiger partial charge in [-0.25, -0.2) is 4.79 Å². The molecule has 0 aliphatic carbocycles. The first kappa shape index (κ1) is 10.5. The van der Waals surface area contributed by atoms with Crippen LogP contribution in [-0.4, -0.2) is 30.1 Å². The number of hydrogen-bond donors (Lipinski definition) is 1. The number of benzene rings is 1. The van der Waals surface area contributed by atoms with E-state index in [1.54, 1.807) is 12.1 Å². The van der Waals surface area contributed by atoms with Gasteiger partial charge in [0.15, 0.2) is 5.78 Å². The fraction of sp³-hybridized carbons (Fsp3) is 0.273. The van der Waals surface area contributed by atoms with Crippen LogP contribution in [0.2, 0.25) is 0 Å². The Morgan fingerprint density at radius 2 is 2.31 bits per heavy atom. The molecular formula is C11H10O5. The average molecular weight is 222 g/mol. The van der Waals surface area contributed by atoms with Crippen molar-refractivity contribution in [1.82, 2.24) is 0 Å². The molecular weight excluding hydrogens is 212 g/mol. The number of hydrogen-bond acceptors (Lipinski definition) is 4. The largest absolute Gasteiger partial charge is 0.497 e. The maximum absolute atomic E-state index is 11.6. The van der Waals surface area contributed by atoms with Crippen molar-refractivity contribution >= 4 is 11.8 Å². The SMILES string of the molecule is COc1ccc2c(c1)OC(C(=O)O)CC2=O. The van der Waals surface area contributed by atoms with Crippen LogP contribution in [-0.2, 0) is 4.79 Å². The van der Waals surface area contributed by atoms with Gasteiger partial charge in [0.25, 0.3) is 0 Å². The zero-order valence-corrected chi connectivity index (χ0v) is 8.60. The highest BCUT2D eigenvalue weighted by Crippen LogP contribution is 2.31. The molecule has 0 saturated heterocycles. The van der Waals surface area contributed by atoms with E-state index in [0.29, 0.717) is 11.3 Å². The van der Waals surface area contributed by atoms with Crippen LogP contribution < -0.4 is 9.47 Å². The van der Waals surface area contributed by atoms with Crippen LogP contribution in [0.5, 0.6) is 11.5 Å². The van der Waals surface area contributed by atoms with E-state index >= 15 is 0 Å². The molecule has 1 aromatic rings. The predicted octanol–water partition coefficient (Wildman–Crippen LogP) is 1.11. The number of carbonyl (C=O) groups is 2. The Morgan fingerprint density at radius 3 is 2.94 bits per heavy atom. The number of methoxy groups -OCH3 is 1. The number of carboxylic acid groups (broad SMARTS) is 1. The predicted molar refractivity (Wildman–Crippen MR) is 54.0 cm³/mol. The zero-order valence-electron chi connectivity index (χ0n) is 8.60. The zero-order chi connectivity index (χ0) is 11.7. The highest BCUT2D eigenvalue weighted by molar-refractivity contribution is 6.02. The molecule has 0 spiro atoms. The summed E-state index contributed by atoms with van der Waals surface area (Å²) >= 11 is 0. The number of rotatable bonds is 2. The molecule has 0 aromatic heterocycles. The van der Waals surface area contributed by atoms with Crippen LogP contribution in [0.3, 0.4) is 0 Å². The molecule has 1 aromatic carbocycles. The molecule has 1 aliphatic rings. The topological polar surface area (TPSA) is 72.8 Å². The van der Waals surface area contributed by atoms with Crippen molar-refractivity contribution in [2.24, 2.45) is 0 Å². The van der Waals surface area contributed by atoms with Gasteiger partial charge in [0.1, 0.15) is 11.5 Å². The summed E-state index contributed by atoms with van der Waals surface area (Å²) in [6, 6.07) is 4.73. The summed E-state index contributed by atoms with van der Waals surface area (Å²) in [5.74, 6) is -0.571. The quantitative estimate of drug-likeness (QED) is 0.811. The van der Waals surface area contributed by atoms with Gasteiger partial charge >= 0.3 is 5.97 Å². The molecule has 2 rings (SSSR count). The number of carbonyl (C=O) groups excluding carboxylic acids is 1. The summed E-state index contributed by atoms with van der Waals surface area (Å²) in [4.78, 5) is 22.4. The maximum atomic E-state index is 11.6. The Labute approximate surface area is 91.6 Å². The summed E-state index contributed by atoms with van der Waals surface area (Å²) in [7, 11) is 1.49. The number of Topliss-reactive ketones (excluding diaryl/α,β-unsaturated/α-hetero) is 1. The van der Waals surface area contributed by atoms with Crippen molar-refractivity contribution in [2.45, 2.75) is 12.5 Å². The summed E-state index contributed by atoms with van der Waals surface area (Å²) < 4.78 is 10.2. The lowest BCUT2D eigenvalue weighted by atomic mass is 10.0. The third-order valence-electron chi connectivity index (χ3n) is 2.40. The van der Waals surface area contributed by atoms with E-state index in [1.165, 1.54) is 13.2 Å². The Kier molecular flexibility index (Phi) is 2.52. The Bertz CT molecular complexity index is 452. The van der Waals surface area contributed by atoms with Crippen molar-refractivity contribution in [3.8, 4) is 11.5 Å². The molecule has 1 heterocycles. The van der Waals surface area contributed by atoms with E-state index in [1.807, 2.05) is 0 Å². The highest BCUT2D eigenvalue weighted by Gasteiger charge is 2.31. The molecule has 1 unspecified atom stereocenters. The molecule has 1 N–H and O–H groups in total. The molecule has 5 heteroatoms. The van der Waals surface area contributed by atoms with Crippen LogP contribution in [0.25, 0.3) is 0 Å². The van der Waals surface area contributed by atoms with Crippen LogP contribution in [0.4, 0.5) is 0 Å². The molecule has 0 saturated carbocycles. The first-order valence-electron chi connectivity index (χ1n) is 4.72. The van der Waals surface area contributed by atoms with E-state index in [4.69, 9.17) is 14.6 Å². The maximum Gasteiger partial charge on any atom is 0.345 e. The van der Waals surface area contributed by atoms with Gasteiger partial charge in [-0.05, 0) is 12.1 Å². The minimum atomic E-state index is -1.14. The monoisotopic (exact) mass is 222 g/mol. The molecule has 16 heavy (non-hydrogen) atoms. The summed E-state index contributed by atoms with van der Waals surface area (Å²) in [6.45, 7) is 0. The number of ketones is 1. The number of fused-ring (bicyclic) bond motifs is 1. The van der Waals surface area contributed by atoms with Gasteiger partial charge in [-0.2, -0.15) is 0 Å². The third kappa shape index (κ3) is 1.71. The molecule has 0 radical (unpaired) electrons. The molecule has 1 aliphatic heterocycles. The van der Waals surface area contributed by atoms with E-state index in [-0.39, 0.29) is 18.0 Å². The molecule has 84 valence electrons. The van der Waals surface area contributed by atoms with E-state index < -0.39 is 12.1 Å². The highest BCUT2D eigenvalue weighted by atomic mass is 16.5. The Morgan fingerprint density at radius 1 is 1.56 bits per heavy atom.